The molecule has 29 heavy (non-hydrogen) atoms. The number of benzene rings is 2. The number of carbonyl (C=O) groups excluding carboxylic acids is 1. The van der Waals surface area contributed by atoms with Crippen LogP contribution in [0.5, 0.6) is 0 Å². The molecule has 0 fully saturated rings. The van der Waals surface area contributed by atoms with Crippen LogP contribution in [0.3, 0.4) is 0 Å². The van der Waals surface area contributed by atoms with Gasteiger partial charge < -0.3 is 14.5 Å². The van der Waals surface area contributed by atoms with Crippen LogP contribution in [0.4, 0.5) is 11.4 Å². The second-order valence-corrected chi connectivity index (χ2v) is 7.81. The van der Waals surface area contributed by atoms with Gasteiger partial charge in [-0.15, -0.1) is 0 Å². The van der Waals surface area contributed by atoms with Gasteiger partial charge in [-0.25, -0.2) is 9.78 Å². The number of carbonyl (C=O) groups is 1. The van der Waals surface area contributed by atoms with Gasteiger partial charge in [0.2, 0.25) is 0 Å². The molecule has 0 N–H and O–H groups in total. The number of aromatic nitrogens is 1. The van der Waals surface area contributed by atoms with E-state index in [0.717, 1.165) is 33.6 Å². The van der Waals surface area contributed by atoms with E-state index < -0.39 is 11.6 Å². The number of cyclic esters (lactones) is 1. The van der Waals surface area contributed by atoms with Gasteiger partial charge in [-0.1, -0.05) is 24.3 Å². The predicted molar refractivity (Wildman–Crippen MR) is 116 cm³/mol. The summed E-state index contributed by atoms with van der Waals surface area (Å²) in [6.45, 7) is 2.06. The molecule has 1 unspecified atom stereocenters. The van der Waals surface area contributed by atoms with Gasteiger partial charge >= 0.3 is 5.97 Å². The first-order valence-electron chi connectivity index (χ1n) is 9.59. The molecule has 0 amide bonds. The fourth-order valence-corrected chi connectivity index (χ4v) is 3.98. The van der Waals surface area contributed by atoms with Crippen LogP contribution in [0.25, 0.3) is 0 Å². The van der Waals surface area contributed by atoms with Crippen molar-refractivity contribution in [2.24, 2.45) is 0 Å². The average Bonchev–Trinajstić information content (AvgIpc) is 3.01. The Morgan fingerprint density at radius 3 is 2.14 bits per heavy atom. The Hall–Kier alpha value is -3.34. The summed E-state index contributed by atoms with van der Waals surface area (Å²) in [5.74, 6) is -0.395. The highest BCUT2D eigenvalue weighted by atomic mass is 16.6. The third-order valence-corrected chi connectivity index (χ3v) is 5.52. The Morgan fingerprint density at radius 2 is 1.52 bits per heavy atom. The average molecular weight is 387 g/mol. The van der Waals surface area contributed by atoms with Gasteiger partial charge in [0.25, 0.3) is 0 Å². The SMILES string of the molecule is Cc1cc(N(C)C)ccc1C1(c2ccc(N(C)C)cc2)OC(=O)c2ncccc21. The van der Waals surface area contributed by atoms with E-state index >= 15 is 0 Å². The summed E-state index contributed by atoms with van der Waals surface area (Å²) in [4.78, 5) is 21.2. The molecule has 4 rings (SSSR count). The molecule has 0 radical (unpaired) electrons. The van der Waals surface area contributed by atoms with Crippen LogP contribution < -0.4 is 9.80 Å². The van der Waals surface area contributed by atoms with Crippen molar-refractivity contribution in [3.8, 4) is 0 Å². The van der Waals surface area contributed by atoms with Crippen molar-refractivity contribution in [3.05, 3.63) is 88.7 Å². The molecule has 5 nitrogen and oxygen atoms in total. The van der Waals surface area contributed by atoms with Gasteiger partial charge in [0.1, 0.15) is 0 Å². The zero-order valence-corrected chi connectivity index (χ0v) is 17.4. The molecular formula is C24H25N3O2. The highest BCUT2D eigenvalue weighted by Crippen LogP contribution is 2.48. The van der Waals surface area contributed by atoms with Gasteiger partial charge in [-0.2, -0.15) is 0 Å². The summed E-state index contributed by atoms with van der Waals surface area (Å²) in [7, 11) is 8.03. The zero-order valence-electron chi connectivity index (χ0n) is 17.4. The normalized spacial score (nSPS) is 17.6. The Kier molecular flexibility index (Phi) is 4.53. The third-order valence-electron chi connectivity index (χ3n) is 5.52. The Bertz CT molecular complexity index is 1070. The summed E-state index contributed by atoms with van der Waals surface area (Å²) in [6, 6.07) is 18.2. The molecule has 148 valence electrons. The van der Waals surface area contributed by atoms with Crippen LogP contribution in [0.1, 0.15) is 32.7 Å². The number of hydrogen-bond donors (Lipinski definition) is 0. The lowest BCUT2D eigenvalue weighted by Gasteiger charge is -2.32. The van der Waals surface area contributed by atoms with E-state index in [1.165, 1.54) is 0 Å². The number of hydrogen-bond acceptors (Lipinski definition) is 5. The molecule has 1 atom stereocenters. The largest absolute Gasteiger partial charge is 0.439 e. The summed E-state index contributed by atoms with van der Waals surface area (Å²) < 4.78 is 6.14. The van der Waals surface area contributed by atoms with Crippen LogP contribution in [0, 0.1) is 6.92 Å². The molecule has 2 heterocycles. The van der Waals surface area contributed by atoms with Gasteiger partial charge in [-0.05, 0) is 42.8 Å². The van der Waals surface area contributed by atoms with E-state index in [1.807, 2.05) is 69.5 Å². The highest BCUT2D eigenvalue weighted by Gasteiger charge is 2.50. The number of aryl methyl sites for hydroxylation is 1. The lowest BCUT2D eigenvalue weighted by molar-refractivity contribution is 0.0247. The van der Waals surface area contributed by atoms with Crippen LogP contribution in [-0.4, -0.2) is 39.1 Å². The number of rotatable bonds is 4. The fourth-order valence-electron chi connectivity index (χ4n) is 3.98. The molecule has 0 saturated carbocycles. The van der Waals surface area contributed by atoms with Gasteiger partial charge in [0.15, 0.2) is 11.3 Å². The monoisotopic (exact) mass is 387 g/mol. The molecule has 0 spiro atoms. The van der Waals surface area contributed by atoms with Crippen LogP contribution in [0.2, 0.25) is 0 Å². The second-order valence-electron chi connectivity index (χ2n) is 7.81. The molecule has 0 bridgehead atoms. The first-order chi connectivity index (χ1) is 13.8. The minimum Gasteiger partial charge on any atom is -0.439 e. The molecule has 1 aliphatic rings. The van der Waals surface area contributed by atoms with Crippen molar-refractivity contribution in [2.75, 3.05) is 38.0 Å². The molecule has 0 aliphatic carbocycles. The van der Waals surface area contributed by atoms with Gasteiger partial charge in [0.05, 0.1) is 0 Å². The lowest BCUT2D eigenvalue weighted by atomic mass is 9.79. The number of ether oxygens (including phenoxy) is 1. The Morgan fingerprint density at radius 1 is 0.862 bits per heavy atom. The quantitative estimate of drug-likeness (QED) is 0.634. The Labute approximate surface area is 171 Å². The van der Waals surface area contributed by atoms with Crippen LogP contribution >= 0.6 is 0 Å². The summed E-state index contributed by atoms with van der Waals surface area (Å²) >= 11 is 0. The summed E-state index contributed by atoms with van der Waals surface area (Å²) in [5, 5.41) is 0. The molecule has 1 aromatic heterocycles. The molecule has 5 heteroatoms. The fraction of sp³-hybridized carbons (Fsp3) is 0.250. The Balaban J connectivity index is 1.99. The molecule has 2 aromatic carbocycles. The highest BCUT2D eigenvalue weighted by molar-refractivity contribution is 5.94. The standard InChI is InChI=1S/C24H25N3O2/c1-16-15-19(27(4)5)12-13-20(16)24(17-8-10-18(11-9-17)26(2)3)21-7-6-14-25-22(21)23(28)29-24/h6-15H,1-5H3. The van der Waals surface area contributed by atoms with E-state index in [4.69, 9.17) is 4.74 Å². The number of pyridine rings is 1. The van der Waals surface area contributed by atoms with Crippen LogP contribution in [0.15, 0.2) is 60.8 Å². The number of nitrogens with zero attached hydrogens (tertiary/aromatic N) is 3. The van der Waals surface area contributed by atoms with Crippen molar-refractivity contribution >= 4 is 17.3 Å². The van der Waals surface area contributed by atoms with Crippen molar-refractivity contribution in [1.29, 1.82) is 0 Å². The van der Waals surface area contributed by atoms with E-state index in [2.05, 4.69) is 35.0 Å². The minimum atomic E-state index is -1.01. The van der Waals surface area contributed by atoms with Crippen molar-refractivity contribution in [1.82, 2.24) is 4.98 Å². The molecule has 3 aromatic rings. The number of esters is 1. The molecule has 1 aliphatic heterocycles. The van der Waals surface area contributed by atoms with E-state index in [1.54, 1.807) is 6.20 Å². The van der Waals surface area contributed by atoms with E-state index in [9.17, 15) is 4.79 Å². The first-order valence-corrected chi connectivity index (χ1v) is 9.59. The molecular weight excluding hydrogens is 362 g/mol. The predicted octanol–water partition coefficient (Wildman–Crippen LogP) is 3.98. The maximum absolute atomic E-state index is 12.8. The zero-order chi connectivity index (χ0) is 20.8. The molecule has 0 saturated heterocycles. The smallest absolute Gasteiger partial charge is 0.358 e. The minimum absolute atomic E-state index is 0.375. The maximum Gasteiger partial charge on any atom is 0.358 e. The maximum atomic E-state index is 12.8. The third kappa shape index (κ3) is 2.94. The summed E-state index contributed by atoms with van der Waals surface area (Å²) in [5.41, 5.74) is 5.23. The van der Waals surface area contributed by atoms with Crippen molar-refractivity contribution < 1.29 is 9.53 Å². The second kappa shape index (κ2) is 6.92. The van der Waals surface area contributed by atoms with E-state index in [-0.39, 0.29) is 0 Å². The number of anilines is 2. The van der Waals surface area contributed by atoms with Crippen LogP contribution in [-0.2, 0) is 10.3 Å². The number of fused-ring (bicyclic) bond motifs is 1. The topological polar surface area (TPSA) is 45.7 Å². The van der Waals surface area contributed by atoms with E-state index in [0.29, 0.717) is 5.69 Å². The lowest BCUT2D eigenvalue weighted by Crippen LogP contribution is -2.30. The van der Waals surface area contributed by atoms with Gasteiger partial charge in [0, 0.05) is 62.5 Å². The first kappa shape index (κ1) is 19.0. The van der Waals surface area contributed by atoms with Gasteiger partial charge in [-0.3, -0.25) is 0 Å². The summed E-state index contributed by atoms with van der Waals surface area (Å²) in [6.07, 6.45) is 1.63. The van der Waals surface area contributed by atoms with Crippen molar-refractivity contribution in [2.45, 2.75) is 12.5 Å². The van der Waals surface area contributed by atoms with Crippen molar-refractivity contribution in [3.63, 3.8) is 0 Å².